The Kier molecular flexibility index (Phi) is 9.25. The van der Waals surface area contributed by atoms with Crippen molar-refractivity contribution >= 4 is 27.6 Å². The lowest BCUT2D eigenvalue weighted by Gasteiger charge is -2.25. The van der Waals surface area contributed by atoms with Crippen LogP contribution in [0.1, 0.15) is 16.7 Å². The Morgan fingerprint density at radius 1 is 0.865 bits per heavy atom. The van der Waals surface area contributed by atoms with Crippen LogP contribution in [0.4, 0.5) is 0 Å². The molecule has 0 unspecified atom stereocenters. The molecule has 0 saturated carbocycles. The van der Waals surface area contributed by atoms with E-state index in [1.165, 1.54) is 43.8 Å². The minimum Gasteiger partial charge on any atom is -0.497 e. The van der Waals surface area contributed by atoms with Crippen LogP contribution in [0.15, 0.2) is 59.5 Å². The van der Waals surface area contributed by atoms with E-state index in [0.29, 0.717) is 28.4 Å². The summed E-state index contributed by atoms with van der Waals surface area (Å²) in [5.41, 5.74) is 2.25. The molecule has 0 amide bonds. The van der Waals surface area contributed by atoms with Crippen LogP contribution in [-0.4, -0.2) is 51.7 Å². The van der Waals surface area contributed by atoms with E-state index in [-0.39, 0.29) is 28.8 Å². The number of carboxylic acid groups (broad SMARTS) is 1. The fourth-order valence-electron chi connectivity index (χ4n) is 3.62. The third-order valence-corrected chi connectivity index (χ3v) is 7.61. The normalized spacial score (nSPS) is 11.3. The predicted molar refractivity (Wildman–Crippen MR) is 138 cm³/mol. The van der Waals surface area contributed by atoms with Gasteiger partial charge in [0.25, 0.3) is 0 Å². The van der Waals surface area contributed by atoms with Crippen molar-refractivity contribution in [2.24, 2.45) is 0 Å². The van der Waals surface area contributed by atoms with Gasteiger partial charge in [-0.3, -0.25) is 0 Å². The van der Waals surface area contributed by atoms with E-state index in [1.54, 1.807) is 18.2 Å². The largest absolute Gasteiger partial charge is 0.497 e. The zero-order chi connectivity index (χ0) is 27.2. The molecule has 1 N–H and O–H groups in total. The number of carbonyl (C=O) groups is 1. The first-order valence-electron chi connectivity index (χ1n) is 11.1. The van der Waals surface area contributed by atoms with E-state index in [2.05, 4.69) is 0 Å². The van der Waals surface area contributed by atoms with Crippen LogP contribution in [0, 0.1) is 6.92 Å². The standard InChI is InChI=1S/C26H28ClNO8S/c1-17-5-6-18(24(11-17)34-3)14-28(15-19-7-8-20(33-2)12-25(19)35-4)37(31,32)21-9-10-23(22(27)13-21)36-16-26(29)30/h5-13H,14-16H2,1-4H3,(H,29,30). The summed E-state index contributed by atoms with van der Waals surface area (Å²) in [6.45, 7) is 1.28. The van der Waals surface area contributed by atoms with Crippen molar-refractivity contribution in [3.63, 3.8) is 0 Å². The summed E-state index contributed by atoms with van der Waals surface area (Å²) in [6.07, 6.45) is 0. The maximum atomic E-state index is 13.9. The molecule has 37 heavy (non-hydrogen) atoms. The van der Waals surface area contributed by atoms with Gasteiger partial charge in [-0.2, -0.15) is 4.31 Å². The maximum Gasteiger partial charge on any atom is 0.341 e. The average Bonchev–Trinajstić information content (AvgIpc) is 2.88. The van der Waals surface area contributed by atoms with E-state index >= 15 is 0 Å². The van der Waals surface area contributed by atoms with Crippen LogP contribution in [0.2, 0.25) is 5.02 Å². The maximum absolute atomic E-state index is 13.9. The second-order valence-corrected chi connectivity index (χ2v) is 10.4. The predicted octanol–water partition coefficient (Wildman–Crippen LogP) is 4.53. The van der Waals surface area contributed by atoms with Gasteiger partial charge in [-0.15, -0.1) is 0 Å². The Balaban J connectivity index is 2.05. The van der Waals surface area contributed by atoms with Gasteiger partial charge < -0.3 is 24.1 Å². The zero-order valence-corrected chi connectivity index (χ0v) is 22.4. The van der Waals surface area contributed by atoms with Crippen molar-refractivity contribution in [3.8, 4) is 23.0 Å². The van der Waals surface area contributed by atoms with Crippen LogP contribution in [0.3, 0.4) is 0 Å². The summed E-state index contributed by atoms with van der Waals surface area (Å²) < 4.78 is 50.4. The smallest absolute Gasteiger partial charge is 0.341 e. The number of aryl methyl sites for hydroxylation is 1. The van der Waals surface area contributed by atoms with Crippen LogP contribution in [-0.2, 0) is 27.9 Å². The molecule has 0 aliphatic rings. The summed E-state index contributed by atoms with van der Waals surface area (Å²) in [5, 5.41) is 8.81. The molecular weight excluding hydrogens is 522 g/mol. The van der Waals surface area contributed by atoms with Crippen LogP contribution in [0.5, 0.6) is 23.0 Å². The van der Waals surface area contributed by atoms with Crippen molar-refractivity contribution in [2.45, 2.75) is 24.9 Å². The monoisotopic (exact) mass is 549 g/mol. The fraction of sp³-hybridized carbons (Fsp3) is 0.269. The second kappa shape index (κ2) is 12.2. The summed E-state index contributed by atoms with van der Waals surface area (Å²) >= 11 is 6.24. The highest BCUT2D eigenvalue weighted by atomic mass is 35.5. The molecule has 11 heteroatoms. The highest BCUT2D eigenvalue weighted by Crippen LogP contribution is 2.33. The van der Waals surface area contributed by atoms with Gasteiger partial charge in [-0.25, -0.2) is 13.2 Å². The zero-order valence-electron chi connectivity index (χ0n) is 20.9. The van der Waals surface area contributed by atoms with Gasteiger partial charge in [0.2, 0.25) is 10.0 Å². The van der Waals surface area contributed by atoms with Gasteiger partial charge in [-0.05, 0) is 42.8 Å². The first kappa shape index (κ1) is 28.1. The van der Waals surface area contributed by atoms with Crippen molar-refractivity contribution < 1.29 is 37.3 Å². The topological polar surface area (TPSA) is 112 Å². The number of sulfonamides is 1. The summed E-state index contributed by atoms with van der Waals surface area (Å²) in [5.74, 6) is 0.466. The summed E-state index contributed by atoms with van der Waals surface area (Å²) in [7, 11) is 0.444. The number of hydrogen-bond donors (Lipinski definition) is 1. The third kappa shape index (κ3) is 6.85. The van der Waals surface area contributed by atoms with Gasteiger partial charge in [-0.1, -0.05) is 29.8 Å². The average molecular weight is 550 g/mol. The molecule has 3 aromatic rings. The number of carboxylic acids is 1. The lowest BCUT2D eigenvalue weighted by atomic mass is 10.1. The van der Waals surface area contributed by atoms with Gasteiger partial charge in [0.05, 0.1) is 31.2 Å². The molecule has 9 nitrogen and oxygen atoms in total. The number of halogens is 1. The first-order chi connectivity index (χ1) is 17.6. The second-order valence-electron chi connectivity index (χ2n) is 8.04. The molecule has 0 atom stereocenters. The Hall–Kier alpha value is -3.47. The Morgan fingerprint density at radius 2 is 1.49 bits per heavy atom. The minimum atomic E-state index is -4.11. The van der Waals surface area contributed by atoms with E-state index in [1.807, 2.05) is 25.1 Å². The molecule has 3 rings (SSSR count). The van der Waals surface area contributed by atoms with E-state index in [4.69, 9.17) is 35.7 Å². The molecule has 0 fully saturated rings. The number of aliphatic carboxylic acids is 1. The first-order valence-corrected chi connectivity index (χ1v) is 12.9. The molecule has 198 valence electrons. The number of rotatable bonds is 12. The van der Waals surface area contributed by atoms with Crippen molar-refractivity contribution in [2.75, 3.05) is 27.9 Å². The number of ether oxygens (including phenoxy) is 4. The molecule has 0 aliphatic heterocycles. The molecule has 0 heterocycles. The summed E-state index contributed by atoms with van der Waals surface area (Å²) in [6, 6.07) is 14.6. The Labute approximate surface area is 221 Å². The quantitative estimate of drug-likeness (QED) is 0.351. The van der Waals surface area contributed by atoms with E-state index < -0.39 is 22.6 Å². The van der Waals surface area contributed by atoms with Gasteiger partial charge in [0.15, 0.2) is 6.61 Å². The Bertz CT molecular complexity index is 1380. The summed E-state index contributed by atoms with van der Waals surface area (Å²) in [4.78, 5) is 10.7. The van der Waals surface area contributed by atoms with Gasteiger partial charge in [0, 0.05) is 30.3 Å². The van der Waals surface area contributed by atoms with Gasteiger partial charge >= 0.3 is 5.97 Å². The number of hydrogen-bond acceptors (Lipinski definition) is 7. The Morgan fingerprint density at radius 3 is 2.05 bits per heavy atom. The fourth-order valence-corrected chi connectivity index (χ4v) is 5.34. The molecule has 0 aromatic heterocycles. The number of benzene rings is 3. The molecule has 0 radical (unpaired) electrons. The molecule has 0 aliphatic carbocycles. The minimum absolute atomic E-state index is 0.00411. The van der Waals surface area contributed by atoms with Crippen LogP contribution in [0.25, 0.3) is 0 Å². The highest BCUT2D eigenvalue weighted by Gasteiger charge is 2.28. The molecular formula is C26H28ClNO8S. The third-order valence-electron chi connectivity index (χ3n) is 5.52. The van der Waals surface area contributed by atoms with Gasteiger partial charge in [0.1, 0.15) is 23.0 Å². The molecule has 3 aromatic carbocycles. The number of nitrogens with zero attached hydrogens (tertiary/aromatic N) is 1. The van der Waals surface area contributed by atoms with Crippen LogP contribution >= 0.6 is 11.6 Å². The van der Waals surface area contributed by atoms with Crippen molar-refractivity contribution in [1.29, 1.82) is 0 Å². The van der Waals surface area contributed by atoms with E-state index in [0.717, 1.165) is 5.56 Å². The highest BCUT2D eigenvalue weighted by molar-refractivity contribution is 7.89. The van der Waals surface area contributed by atoms with Crippen molar-refractivity contribution in [3.05, 3.63) is 76.3 Å². The molecule has 0 spiro atoms. The number of methoxy groups -OCH3 is 3. The van der Waals surface area contributed by atoms with Crippen molar-refractivity contribution in [1.82, 2.24) is 4.31 Å². The SMILES string of the molecule is COc1ccc(CN(Cc2ccc(C)cc2OC)S(=O)(=O)c2ccc(OCC(=O)O)c(Cl)c2)c(OC)c1. The lowest BCUT2D eigenvalue weighted by Crippen LogP contribution is -2.30. The lowest BCUT2D eigenvalue weighted by molar-refractivity contribution is -0.139. The molecule has 0 saturated heterocycles. The van der Waals surface area contributed by atoms with Crippen LogP contribution < -0.4 is 18.9 Å². The molecule has 0 bridgehead atoms. The van der Waals surface area contributed by atoms with E-state index in [9.17, 15) is 13.2 Å².